The Labute approximate surface area is 62.1 Å². The fourth-order valence-corrected chi connectivity index (χ4v) is 1.40. The molecule has 2 nitrogen and oxygen atoms in total. The van der Waals surface area contributed by atoms with Gasteiger partial charge in [-0.3, -0.25) is 5.26 Å². The summed E-state index contributed by atoms with van der Waals surface area (Å²) < 4.78 is 0. The molecule has 1 saturated carbocycles. The van der Waals surface area contributed by atoms with E-state index in [-0.39, 0.29) is 5.60 Å². The molecular formula is C8H16O2. The molecule has 1 rings (SSSR count). The van der Waals surface area contributed by atoms with Gasteiger partial charge in [0.25, 0.3) is 0 Å². The molecule has 1 aliphatic carbocycles. The van der Waals surface area contributed by atoms with E-state index in [0.717, 1.165) is 6.42 Å². The molecule has 0 aromatic rings. The van der Waals surface area contributed by atoms with Crippen molar-refractivity contribution in [1.82, 2.24) is 0 Å². The first-order valence-corrected chi connectivity index (χ1v) is 4.05. The summed E-state index contributed by atoms with van der Waals surface area (Å²) in [5, 5.41) is 8.44. The molecule has 2 unspecified atom stereocenters. The van der Waals surface area contributed by atoms with Gasteiger partial charge in [-0.25, -0.2) is 4.89 Å². The topological polar surface area (TPSA) is 29.5 Å². The molecule has 0 amide bonds. The van der Waals surface area contributed by atoms with Crippen molar-refractivity contribution in [3.63, 3.8) is 0 Å². The van der Waals surface area contributed by atoms with E-state index in [1.807, 2.05) is 6.92 Å². The Morgan fingerprint density at radius 3 is 2.80 bits per heavy atom. The van der Waals surface area contributed by atoms with Gasteiger partial charge in [0.05, 0.1) is 0 Å². The molecule has 2 atom stereocenters. The summed E-state index contributed by atoms with van der Waals surface area (Å²) in [6.45, 7) is 4.15. The number of hydrogen-bond donors (Lipinski definition) is 1. The lowest BCUT2D eigenvalue weighted by Gasteiger charge is -2.04. The van der Waals surface area contributed by atoms with E-state index in [0.29, 0.717) is 5.92 Å². The van der Waals surface area contributed by atoms with Crippen LogP contribution >= 0.6 is 0 Å². The highest BCUT2D eigenvalue weighted by atomic mass is 17.1. The van der Waals surface area contributed by atoms with Crippen molar-refractivity contribution < 1.29 is 10.1 Å². The maximum Gasteiger partial charge on any atom is 0.104 e. The van der Waals surface area contributed by atoms with Gasteiger partial charge < -0.3 is 0 Å². The zero-order chi connectivity index (χ0) is 7.61. The van der Waals surface area contributed by atoms with Crippen molar-refractivity contribution in [3.05, 3.63) is 0 Å². The summed E-state index contributed by atoms with van der Waals surface area (Å²) in [5.74, 6) is 0.609. The Morgan fingerprint density at radius 2 is 2.40 bits per heavy atom. The van der Waals surface area contributed by atoms with Gasteiger partial charge in [0.1, 0.15) is 5.60 Å². The highest BCUT2D eigenvalue weighted by molar-refractivity contribution is 5.00. The van der Waals surface area contributed by atoms with E-state index in [1.165, 1.54) is 19.3 Å². The van der Waals surface area contributed by atoms with E-state index in [9.17, 15) is 0 Å². The van der Waals surface area contributed by atoms with E-state index in [2.05, 4.69) is 11.8 Å². The SMILES string of the molecule is CCCCC1CC1(C)OO. The minimum absolute atomic E-state index is 0.185. The third kappa shape index (κ3) is 1.50. The molecular weight excluding hydrogens is 128 g/mol. The fourth-order valence-electron chi connectivity index (χ4n) is 1.40. The maximum absolute atomic E-state index is 8.44. The number of unbranched alkanes of at least 4 members (excludes halogenated alkanes) is 1. The van der Waals surface area contributed by atoms with Gasteiger partial charge in [-0.05, 0) is 25.7 Å². The fraction of sp³-hybridized carbons (Fsp3) is 1.00. The predicted octanol–water partition coefficient (Wildman–Crippen LogP) is 2.44. The standard InChI is InChI=1S/C8H16O2/c1-3-4-5-7-6-8(7,2)10-9/h7,9H,3-6H2,1-2H3. The molecule has 0 bridgehead atoms. The molecule has 0 saturated heterocycles. The molecule has 0 spiro atoms. The minimum Gasteiger partial charge on any atom is -0.251 e. The quantitative estimate of drug-likeness (QED) is 0.485. The van der Waals surface area contributed by atoms with Gasteiger partial charge >= 0.3 is 0 Å². The van der Waals surface area contributed by atoms with Crippen LogP contribution in [0.5, 0.6) is 0 Å². The lowest BCUT2D eigenvalue weighted by atomic mass is 10.1. The number of hydrogen-bond acceptors (Lipinski definition) is 2. The molecule has 0 radical (unpaired) electrons. The second-order valence-corrected chi connectivity index (χ2v) is 3.45. The summed E-state index contributed by atoms with van der Waals surface area (Å²) in [5.41, 5.74) is -0.185. The average Bonchev–Trinajstić information content (AvgIpc) is 2.59. The lowest BCUT2D eigenvalue weighted by molar-refractivity contribution is -0.290. The highest BCUT2D eigenvalue weighted by Crippen LogP contribution is 2.48. The monoisotopic (exact) mass is 144 g/mol. The zero-order valence-electron chi connectivity index (χ0n) is 6.76. The summed E-state index contributed by atoms with van der Waals surface area (Å²) in [6.07, 6.45) is 4.72. The van der Waals surface area contributed by atoms with Gasteiger partial charge in [-0.15, -0.1) is 0 Å². The Bertz CT molecular complexity index is 114. The normalized spacial score (nSPS) is 38.1. The molecule has 0 aromatic carbocycles. The Balaban J connectivity index is 2.12. The second kappa shape index (κ2) is 2.89. The summed E-state index contributed by atoms with van der Waals surface area (Å²) in [4.78, 5) is 4.36. The highest BCUT2D eigenvalue weighted by Gasteiger charge is 2.51. The van der Waals surface area contributed by atoms with Crippen LogP contribution in [0.4, 0.5) is 0 Å². The molecule has 0 aromatic heterocycles. The van der Waals surface area contributed by atoms with E-state index < -0.39 is 0 Å². The first-order valence-electron chi connectivity index (χ1n) is 4.05. The summed E-state index contributed by atoms with van der Waals surface area (Å²) in [6, 6.07) is 0. The van der Waals surface area contributed by atoms with Crippen molar-refractivity contribution >= 4 is 0 Å². The van der Waals surface area contributed by atoms with Crippen LogP contribution in [-0.2, 0) is 4.89 Å². The lowest BCUT2D eigenvalue weighted by Crippen LogP contribution is -2.08. The molecule has 0 aliphatic heterocycles. The zero-order valence-corrected chi connectivity index (χ0v) is 6.76. The van der Waals surface area contributed by atoms with Gasteiger partial charge in [-0.2, -0.15) is 0 Å². The molecule has 2 heteroatoms. The molecule has 10 heavy (non-hydrogen) atoms. The van der Waals surface area contributed by atoms with Crippen molar-refractivity contribution in [3.8, 4) is 0 Å². The first-order chi connectivity index (χ1) is 4.73. The largest absolute Gasteiger partial charge is 0.251 e. The van der Waals surface area contributed by atoms with Crippen molar-refractivity contribution in [2.24, 2.45) is 5.92 Å². The van der Waals surface area contributed by atoms with Gasteiger partial charge in [0.15, 0.2) is 0 Å². The molecule has 1 N–H and O–H groups in total. The third-order valence-corrected chi connectivity index (χ3v) is 2.47. The third-order valence-electron chi connectivity index (χ3n) is 2.47. The van der Waals surface area contributed by atoms with Crippen LogP contribution in [0.15, 0.2) is 0 Å². The van der Waals surface area contributed by atoms with Crippen LogP contribution in [0.3, 0.4) is 0 Å². The predicted molar refractivity (Wildman–Crippen MR) is 39.8 cm³/mol. The van der Waals surface area contributed by atoms with Crippen molar-refractivity contribution in [2.45, 2.75) is 45.1 Å². The second-order valence-electron chi connectivity index (χ2n) is 3.45. The van der Waals surface area contributed by atoms with Crippen LogP contribution in [0.25, 0.3) is 0 Å². The molecule has 1 aliphatic rings. The van der Waals surface area contributed by atoms with Crippen LogP contribution < -0.4 is 0 Å². The Hall–Kier alpha value is -0.0800. The summed E-state index contributed by atoms with van der Waals surface area (Å²) >= 11 is 0. The molecule has 0 heterocycles. The van der Waals surface area contributed by atoms with Crippen LogP contribution in [0.1, 0.15) is 39.5 Å². The number of rotatable bonds is 4. The van der Waals surface area contributed by atoms with E-state index >= 15 is 0 Å². The minimum atomic E-state index is -0.185. The van der Waals surface area contributed by atoms with Crippen molar-refractivity contribution in [1.29, 1.82) is 0 Å². The molecule has 60 valence electrons. The molecule has 1 fully saturated rings. The maximum atomic E-state index is 8.44. The van der Waals surface area contributed by atoms with Gasteiger partial charge in [-0.1, -0.05) is 19.8 Å². The Morgan fingerprint density at radius 1 is 1.70 bits per heavy atom. The van der Waals surface area contributed by atoms with Gasteiger partial charge in [0, 0.05) is 0 Å². The van der Waals surface area contributed by atoms with Crippen LogP contribution in [0.2, 0.25) is 0 Å². The van der Waals surface area contributed by atoms with E-state index in [1.54, 1.807) is 0 Å². The smallest absolute Gasteiger partial charge is 0.104 e. The average molecular weight is 144 g/mol. The van der Waals surface area contributed by atoms with Crippen LogP contribution in [-0.4, -0.2) is 10.9 Å². The van der Waals surface area contributed by atoms with Crippen molar-refractivity contribution in [2.75, 3.05) is 0 Å². The van der Waals surface area contributed by atoms with E-state index in [4.69, 9.17) is 5.26 Å². The van der Waals surface area contributed by atoms with Gasteiger partial charge in [0.2, 0.25) is 0 Å². The first kappa shape index (κ1) is 8.02. The Kier molecular flexibility index (Phi) is 2.32. The van der Waals surface area contributed by atoms with Crippen LogP contribution in [0, 0.1) is 5.92 Å². The summed E-state index contributed by atoms with van der Waals surface area (Å²) in [7, 11) is 0.